The number of aliphatic carboxylic acids is 1. The number of fused-ring (bicyclic) bond motifs is 1. The number of alkyl halides is 3. The molecule has 2 fully saturated rings. The van der Waals surface area contributed by atoms with E-state index in [9.17, 15) is 18.0 Å². The number of rotatable bonds is 3. The number of urea groups is 1. The Morgan fingerprint density at radius 1 is 1.00 bits per heavy atom. The number of para-hydroxylation sites is 1. The lowest BCUT2D eigenvalue weighted by Crippen LogP contribution is -2.47. The van der Waals surface area contributed by atoms with Gasteiger partial charge in [-0.05, 0) is 37.8 Å². The average Bonchev–Trinajstić information content (AvgIpc) is 3.56. The number of halogens is 3. The second-order valence-electron chi connectivity index (χ2n) is 8.84. The van der Waals surface area contributed by atoms with Gasteiger partial charge in [0, 0.05) is 30.4 Å². The number of piperidine rings is 1. The van der Waals surface area contributed by atoms with Crippen molar-refractivity contribution in [1.82, 2.24) is 25.3 Å². The van der Waals surface area contributed by atoms with Crippen LogP contribution in [-0.2, 0) is 4.79 Å². The maximum Gasteiger partial charge on any atom is 0.490 e. The molecule has 0 unspecified atom stereocenters. The molecule has 9 nitrogen and oxygen atoms in total. The summed E-state index contributed by atoms with van der Waals surface area (Å²) in [5, 5.41) is 15.5. The van der Waals surface area contributed by atoms with Gasteiger partial charge in [0.2, 0.25) is 11.7 Å². The lowest BCUT2D eigenvalue weighted by atomic mass is 9.97. The fraction of sp³-hybridized carbons (Fsp3) is 0.458. The molecule has 3 heterocycles. The molecule has 1 saturated carbocycles. The molecule has 1 aliphatic carbocycles. The zero-order valence-electron chi connectivity index (χ0n) is 19.4. The van der Waals surface area contributed by atoms with Crippen LogP contribution in [0.1, 0.15) is 50.3 Å². The monoisotopic (exact) mass is 505 g/mol. The third-order valence-corrected chi connectivity index (χ3v) is 6.33. The van der Waals surface area contributed by atoms with Gasteiger partial charge in [-0.3, -0.25) is 0 Å². The first-order chi connectivity index (χ1) is 17.2. The maximum atomic E-state index is 12.4. The summed E-state index contributed by atoms with van der Waals surface area (Å²) in [6, 6.07) is 12.3. The smallest absolute Gasteiger partial charge is 0.475 e. The minimum absolute atomic E-state index is 0.0712. The van der Waals surface area contributed by atoms with E-state index in [1.54, 1.807) is 0 Å². The number of hydrogen-bond acceptors (Lipinski definition) is 6. The fourth-order valence-corrected chi connectivity index (χ4v) is 4.36. The molecule has 0 spiro atoms. The Kier molecular flexibility index (Phi) is 7.70. The number of benzene rings is 1. The molecule has 3 aromatic rings. The molecule has 192 valence electrons. The second kappa shape index (κ2) is 10.9. The molecular weight excluding hydrogens is 479 g/mol. The molecule has 1 aliphatic heterocycles. The summed E-state index contributed by atoms with van der Waals surface area (Å²) < 4.78 is 37.3. The van der Waals surface area contributed by atoms with Gasteiger partial charge in [-0.1, -0.05) is 42.3 Å². The predicted octanol–water partition coefficient (Wildman–Crippen LogP) is 4.75. The quantitative estimate of drug-likeness (QED) is 0.527. The van der Waals surface area contributed by atoms with E-state index in [1.165, 1.54) is 12.8 Å². The number of nitrogens with one attached hydrogen (secondary N) is 1. The normalized spacial score (nSPS) is 17.0. The zero-order valence-corrected chi connectivity index (χ0v) is 19.4. The number of carboxylic acids is 1. The number of hydrogen-bond donors (Lipinski definition) is 2. The van der Waals surface area contributed by atoms with Gasteiger partial charge in [-0.2, -0.15) is 18.2 Å². The van der Waals surface area contributed by atoms with Gasteiger partial charge >= 0.3 is 18.2 Å². The van der Waals surface area contributed by atoms with E-state index in [-0.39, 0.29) is 11.9 Å². The highest BCUT2D eigenvalue weighted by Crippen LogP contribution is 2.29. The Balaban J connectivity index is 0.000000384. The van der Waals surface area contributed by atoms with E-state index in [4.69, 9.17) is 14.4 Å². The Hall–Kier alpha value is -3.70. The summed E-state index contributed by atoms with van der Waals surface area (Å²) in [4.78, 5) is 32.5. The average molecular weight is 505 g/mol. The van der Waals surface area contributed by atoms with Crippen LogP contribution in [0, 0.1) is 0 Å². The van der Waals surface area contributed by atoms with Crippen LogP contribution in [0.4, 0.5) is 18.0 Å². The number of aromatic nitrogens is 3. The van der Waals surface area contributed by atoms with Gasteiger partial charge in [0.25, 0.3) is 0 Å². The van der Waals surface area contributed by atoms with Crippen LogP contribution < -0.4 is 5.32 Å². The molecule has 36 heavy (non-hydrogen) atoms. The van der Waals surface area contributed by atoms with Crippen LogP contribution in [0.2, 0.25) is 0 Å². The van der Waals surface area contributed by atoms with Crippen molar-refractivity contribution in [1.29, 1.82) is 0 Å². The molecule has 0 radical (unpaired) electrons. The Morgan fingerprint density at radius 3 is 2.33 bits per heavy atom. The highest BCUT2D eigenvalue weighted by Gasteiger charge is 2.38. The summed E-state index contributed by atoms with van der Waals surface area (Å²) in [6.07, 6.45) is 1.25. The van der Waals surface area contributed by atoms with Gasteiger partial charge in [0.05, 0.1) is 5.52 Å². The Bertz CT molecular complexity index is 1200. The second-order valence-corrected chi connectivity index (χ2v) is 8.84. The maximum absolute atomic E-state index is 12.4. The summed E-state index contributed by atoms with van der Waals surface area (Å²) in [5.74, 6) is -1.40. The van der Waals surface area contributed by atoms with Crippen LogP contribution in [0.3, 0.4) is 0 Å². The largest absolute Gasteiger partial charge is 0.490 e. The molecule has 2 aromatic heterocycles. The van der Waals surface area contributed by atoms with Gasteiger partial charge in [-0.25, -0.2) is 14.6 Å². The van der Waals surface area contributed by atoms with Crippen LogP contribution in [0.25, 0.3) is 22.4 Å². The molecule has 1 saturated heterocycles. The van der Waals surface area contributed by atoms with Gasteiger partial charge in [0.15, 0.2) is 0 Å². The number of nitrogens with zero attached hydrogens (tertiary/aromatic N) is 4. The lowest BCUT2D eigenvalue weighted by Gasteiger charge is -2.31. The summed E-state index contributed by atoms with van der Waals surface area (Å²) in [7, 11) is 0. The lowest BCUT2D eigenvalue weighted by molar-refractivity contribution is -0.192. The molecule has 2 amide bonds. The number of pyridine rings is 1. The van der Waals surface area contributed by atoms with Crippen molar-refractivity contribution < 1.29 is 32.4 Å². The first-order valence-corrected chi connectivity index (χ1v) is 11.8. The number of amides is 2. The van der Waals surface area contributed by atoms with Crippen LogP contribution in [-0.4, -0.2) is 62.4 Å². The molecule has 2 N–H and O–H groups in total. The summed E-state index contributed by atoms with van der Waals surface area (Å²) in [5.41, 5.74) is 1.63. The van der Waals surface area contributed by atoms with Crippen molar-refractivity contribution >= 4 is 22.9 Å². The highest BCUT2D eigenvalue weighted by atomic mass is 19.4. The molecule has 12 heteroatoms. The van der Waals surface area contributed by atoms with Crippen molar-refractivity contribution in [2.24, 2.45) is 0 Å². The van der Waals surface area contributed by atoms with E-state index in [0.29, 0.717) is 23.5 Å². The third-order valence-electron chi connectivity index (χ3n) is 6.33. The third kappa shape index (κ3) is 6.29. The first-order valence-electron chi connectivity index (χ1n) is 11.8. The number of carboxylic acid groups (broad SMARTS) is 1. The Labute approximate surface area is 204 Å². The molecule has 2 aliphatic rings. The highest BCUT2D eigenvalue weighted by molar-refractivity contribution is 5.80. The van der Waals surface area contributed by atoms with Crippen molar-refractivity contribution in [2.75, 3.05) is 13.1 Å². The summed E-state index contributed by atoms with van der Waals surface area (Å²) in [6.45, 7) is 1.43. The van der Waals surface area contributed by atoms with Crippen molar-refractivity contribution in [3.05, 3.63) is 42.3 Å². The van der Waals surface area contributed by atoms with Crippen molar-refractivity contribution in [3.63, 3.8) is 0 Å². The number of carbonyl (C=O) groups is 2. The van der Waals surface area contributed by atoms with Gasteiger partial charge < -0.3 is 19.8 Å². The minimum atomic E-state index is -5.08. The van der Waals surface area contributed by atoms with Crippen LogP contribution in [0.15, 0.2) is 40.9 Å². The minimum Gasteiger partial charge on any atom is -0.475 e. The van der Waals surface area contributed by atoms with E-state index < -0.39 is 12.1 Å². The van der Waals surface area contributed by atoms with Crippen LogP contribution >= 0.6 is 0 Å². The number of carbonyl (C=O) groups excluding carboxylic acids is 1. The standard InChI is InChI=1S/C22H25N5O2.C2HF3O2/c28-22(23-17-6-2-3-7-17)27-13-11-16(12-14-27)21-25-20(26-29-21)19-10-9-15-5-1-4-8-18(15)24-19;3-2(4,5)1(6)7/h1,4-5,8-10,16-17H,2-3,6-7,11-14H2,(H,23,28);(H,6,7). The predicted molar refractivity (Wildman–Crippen MR) is 123 cm³/mol. The topological polar surface area (TPSA) is 121 Å². The van der Waals surface area contributed by atoms with E-state index in [2.05, 4.69) is 20.4 Å². The fourth-order valence-electron chi connectivity index (χ4n) is 4.36. The molecule has 5 rings (SSSR count). The van der Waals surface area contributed by atoms with E-state index in [1.807, 2.05) is 41.3 Å². The van der Waals surface area contributed by atoms with Crippen LogP contribution in [0.5, 0.6) is 0 Å². The number of likely N-dealkylation sites (tertiary alicyclic amines) is 1. The van der Waals surface area contributed by atoms with E-state index in [0.717, 1.165) is 49.7 Å². The summed E-state index contributed by atoms with van der Waals surface area (Å²) >= 11 is 0. The Morgan fingerprint density at radius 2 is 1.67 bits per heavy atom. The van der Waals surface area contributed by atoms with Gasteiger partial charge in [-0.15, -0.1) is 0 Å². The molecule has 0 atom stereocenters. The molecular formula is C24H26F3N5O4. The van der Waals surface area contributed by atoms with Crippen molar-refractivity contribution in [2.45, 2.75) is 56.7 Å². The van der Waals surface area contributed by atoms with Crippen molar-refractivity contribution in [3.8, 4) is 11.5 Å². The SMILES string of the molecule is O=C(NC1CCCC1)N1CCC(c2nc(-c3ccc4ccccc4n3)no2)CC1.O=C(O)C(F)(F)F. The zero-order chi connectivity index (χ0) is 25.7. The van der Waals surface area contributed by atoms with E-state index >= 15 is 0 Å². The molecule has 1 aromatic carbocycles. The first kappa shape index (κ1) is 25.4. The van der Waals surface area contributed by atoms with Gasteiger partial charge in [0.1, 0.15) is 5.69 Å². The molecule has 0 bridgehead atoms.